The lowest BCUT2D eigenvalue weighted by atomic mass is 9.81. The van der Waals surface area contributed by atoms with Gasteiger partial charge in [-0.25, -0.2) is 0 Å². The van der Waals surface area contributed by atoms with Crippen molar-refractivity contribution in [3.05, 3.63) is 65.2 Å². The SMILES string of the molecule is O=C1CC(C(=O)NCCc2ccccc2)C2C(=O)NC(Nc3cccc(Cl)c3)NC2N1. The van der Waals surface area contributed by atoms with E-state index in [0.29, 0.717) is 23.7 Å². The zero-order valence-electron chi connectivity index (χ0n) is 16.7. The van der Waals surface area contributed by atoms with E-state index in [-0.39, 0.29) is 24.1 Å². The lowest BCUT2D eigenvalue weighted by Gasteiger charge is -2.43. The molecule has 4 atom stereocenters. The number of benzene rings is 2. The summed E-state index contributed by atoms with van der Waals surface area (Å²) in [6, 6.07) is 16.9. The number of rotatable bonds is 6. The van der Waals surface area contributed by atoms with E-state index in [1.165, 1.54) is 0 Å². The van der Waals surface area contributed by atoms with Crippen LogP contribution in [0.3, 0.4) is 0 Å². The fraction of sp³-hybridized carbons (Fsp3) is 0.318. The van der Waals surface area contributed by atoms with Gasteiger partial charge < -0.3 is 21.3 Å². The summed E-state index contributed by atoms with van der Waals surface area (Å²) in [5, 5.41) is 15.3. The van der Waals surface area contributed by atoms with Crippen molar-refractivity contribution in [1.82, 2.24) is 21.3 Å². The number of hydrogen-bond donors (Lipinski definition) is 5. The highest BCUT2D eigenvalue weighted by Crippen LogP contribution is 2.27. The molecule has 2 aromatic rings. The first-order chi connectivity index (χ1) is 15.0. The monoisotopic (exact) mass is 441 g/mol. The molecule has 8 nitrogen and oxygen atoms in total. The van der Waals surface area contributed by atoms with Crippen LogP contribution in [0.15, 0.2) is 54.6 Å². The van der Waals surface area contributed by atoms with Crippen LogP contribution in [0.4, 0.5) is 5.69 Å². The van der Waals surface area contributed by atoms with Gasteiger partial charge in [0.1, 0.15) is 0 Å². The summed E-state index contributed by atoms with van der Waals surface area (Å²) >= 11 is 6.01. The first kappa shape index (κ1) is 21.1. The predicted octanol–water partition coefficient (Wildman–Crippen LogP) is 1.19. The Labute approximate surface area is 185 Å². The topological polar surface area (TPSA) is 111 Å². The third-order valence-corrected chi connectivity index (χ3v) is 5.71. The van der Waals surface area contributed by atoms with E-state index in [2.05, 4.69) is 26.6 Å². The average Bonchev–Trinajstić information content (AvgIpc) is 2.73. The third kappa shape index (κ3) is 5.15. The van der Waals surface area contributed by atoms with Crippen LogP contribution in [-0.4, -0.2) is 36.7 Å². The Hall–Kier alpha value is -3.10. The number of piperidine rings is 1. The van der Waals surface area contributed by atoms with Crippen molar-refractivity contribution in [3.63, 3.8) is 0 Å². The highest BCUT2D eigenvalue weighted by molar-refractivity contribution is 6.30. The molecule has 2 aliphatic rings. The maximum atomic E-state index is 12.9. The highest BCUT2D eigenvalue weighted by atomic mass is 35.5. The van der Waals surface area contributed by atoms with Crippen molar-refractivity contribution in [2.24, 2.45) is 11.8 Å². The lowest BCUT2D eigenvalue weighted by Crippen LogP contribution is -2.72. The average molecular weight is 442 g/mol. The summed E-state index contributed by atoms with van der Waals surface area (Å²) in [6.07, 6.45) is -0.626. The van der Waals surface area contributed by atoms with Gasteiger partial charge in [-0.3, -0.25) is 19.7 Å². The number of carbonyl (C=O) groups excluding carboxylic acids is 3. The molecule has 4 rings (SSSR count). The minimum Gasteiger partial charge on any atom is -0.355 e. The summed E-state index contributed by atoms with van der Waals surface area (Å²) < 4.78 is 0. The predicted molar refractivity (Wildman–Crippen MR) is 117 cm³/mol. The molecule has 2 heterocycles. The van der Waals surface area contributed by atoms with Crippen molar-refractivity contribution >= 4 is 35.0 Å². The van der Waals surface area contributed by atoms with Gasteiger partial charge in [0.2, 0.25) is 17.7 Å². The van der Waals surface area contributed by atoms with E-state index in [1.54, 1.807) is 18.2 Å². The van der Waals surface area contributed by atoms with E-state index in [9.17, 15) is 14.4 Å². The second kappa shape index (κ2) is 9.36. The van der Waals surface area contributed by atoms with Crippen molar-refractivity contribution < 1.29 is 14.4 Å². The largest absolute Gasteiger partial charge is 0.355 e. The lowest BCUT2D eigenvalue weighted by molar-refractivity contribution is -0.146. The number of hydrogen-bond acceptors (Lipinski definition) is 5. The molecule has 0 aliphatic carbocycles. The molecule has 2 aromatic carbocycles. The van der Waals surface area contributed by atoms with Crippen LogP contribution in [0.25, 0.3) is 0 Å². The number of carbonyl (C=O) groups is 3. The van der Waals surface area contributed by atoms with Gasteiger partial charge in [-0.2, -0.15) is 0 Å². The molecule has 0 spiro atoms. The molecule has 31 heavy (non-hydrogen) atoms. The maximum absolute atomic E-state index is 12.9. The second-order valence-corrected chi connectivity index (χ2v) is 8.11. The normalized spacial score (nSPS) is 25.1. The Balaban J connectivity index is 1.39. The Morgan fingerprint density at radius 3 is 2.65 bits per heavy atom. The van der Waals surface area contributed by atoms with Crippen LogP contribution >= 0.6 is 11.6 Å². The van der Waals surface area contributed by atoms with Gasteiger partial charge in [-0.15, -0.1) is 0 Å². The third-order valence-electron chi connectivity index (χ3n) is 5.48. The molecule has 0 saturated carbocycles. The van der Waals surface area contributed by atoms with Crippen LogP contribution in [0, 0.1) is 11.8 Å². The molecular weight excluding hydrogens is 418 g/mol. The smallest absolute Gasteiger partial charge is 0.229 e. The van der Waals surface area contributed by atoms with Gasteiger partial charge in [0.15, 0.2) is 6.29 Å². The molecule has 2 saturated heterocycles. The van der Waals surface area contributed by atoms with Crippen LogP contribution in [0.2, 0.25) is 5.02 Å². The maximum Gasteiger partial charge on any atom is 0.229 e. The van der Waals surface area contributed by atoms with E-state index >= 15 is 0 Å². The quantitative estimate of drug-likeness (QED) is 0.462. The number of fused-ring (bicyclic) bond motifs is 1. The molecule has 5 N–H and O–H groups in total. The van der Waals surface area contributed by atoms with E-state index in [1.807, 2.05) is 36.4 Å². The fourth-order valence-electron chi connectivity index (χ4n) is 4.00. The van der Waals surface area contributed by atoms with Crippen LogP contribution < -0.4 is 26.6 Å². The fourth-order valence-corrected chi connectivity index (χ4v) is 4.19. The van der Waals surface area contributed by atoms with Gasteiger partial charge in [0.25, 0.3) is 0 Å². The summed E-state index contributed by atoms with van der Waals surface area (Å²) in [6.45, 7) is 0.437. The molecular formula is C22H24ClN5O3. The Kier molecular flexibility index (Phi) is 6.39. The van der Waals surface area contributed by atoms with Crippen LogP contribution in [-0.2, 0) is 20.8 Å². The van der Waals surface area contributed by atoms with Gasteiger partial charge in [0, 0.05) is 23.7 Å². The molecule has 3 amide bonds. The van der Waals surface area contributed by atoms with Gasteiger partial charge >= 0.3 is 0 Å². The second-order valence-electron chi connectivity index (χ2n) is 7.67. The Morgan fingerprint density at radius 1 is 1.06 bits per heavy atom. The molecule has 2 fully saturated rings. The number of amides is 3. The first-order valence-corrected chi connectivity index (χ1v) is 10.6. The summed E-state index contributed by atoms with van der Waals surface area (Å²) in [5.41, 5.74) is 1.81. The Bertz CT molecular complexity index is 971. The Morgan fingerprint density at radius 2 is 1.87 bits per heavy atom. The van der Waals surface area contributed by atoms with Gasteiger partial charge in [-0.05, 0) is 30.2 Å². The van der Waals surface area contributed by atoms with Crippen LogP contribution in [0.1, 0.15) is 12.0 Å². The first-order valence-electron chi connectivity index (χ1n) is 10.2. The van der Waals surface area contributed by atoms with E-state index < -0.39 is 24.3 Å². The summed E-state index contributed by atoms with van der Waals surface area (Å²) in [5.74, 6) is -2.31. The summed E-state index contributed by atoms with van der Waals surface area (Å²) in [4.78, 5) is 37.9. The molecule has 0 radical (unpaired) electrons. The minimum absolute atomic E-state index is 0.0280. The minimum atomic E-state index is -0.742. The molecule has 4 unspecified atom stereocenters. The standard InChI is InChI=1S/C22H24ClN5O3/c23-14-7-4-8-15(11-14)25-22-27-19-18(21(31)28-22)16(12-17(29)26-19)20(30)24-10-9-13-5-2-1-3-6-13/h1-8,11,16,18-19,22,25,27H,9-10,12H2,(H,24,30)(H,26,29)(H,28,31). The molecule has 2 aliphatic heterocycles. The van der Waals surface area contributed by atoms with Gasteiger partial charge in [0.05, 0.1) is 18.0 Å². The van der Waals surface area contributed by atoms with Crippen molar-refractivity contribution in [2.75, 3.05) is 11.9 Å². The van der Waals surface area contributed by atoms with E-state index in [4.69, 9.17) is 11.6 Å². The zero-order chi connectivity index (χ0) is 21.8. The zero-order valence-corrected chi connectivity index (χ0v) is 17.5. The summed E-state index contributed by atoms with van der Waals surface area (Å²) in [7, 11) is 0. The van der Waals surface area contributed by atoms with Crippen LogP contribution in [0.5, 0.6) is 0 Å². The molecule has 162 valence electrons. The molecule has 0 bridgehead atoms. The van der Waals surface area contributed by atoms with Crippen molar-refractivity contribution in [2.45, 2.75) is 25.3 Å². The van der Waals surface area contributed by atoms with Crippen molar-refractivity contribution in [3.8, 4) is 0 Å². The number of halogens is 1. The van der Waals surface area contributed by atoms with E-state index in [0.717, 1.165) is 5.56 Å². The highest BCUT2D eigenvalue weighted by Gasteiger charge is 2.48. The van der Waals surface area contributed by atoms with Gasteiger partial charge in [-0.1, -0.05) is 48.0 Å². The number of nitrogens with one attached hydrogen (secondary N) is 5. The number of anilines is 1. The molecule has 0 aromatic heterocycles. The molecule has 9 heteroatoms. The van der Waals surface area contributed by atoms with Crippen molar-refractivity contribution in [1.29, 1.82) is 0 Å².